The van der Waals surface area contributed by atoms with Gasteiger partial charge in [0.2, 0.25) is 0 Å². The van der Waals surface area contributed by atoms with Crippen LogP contribution in [0, 0.1) is 11.3 Å². The van der Waals surface area contributed by atoms with E-state index in [1.807, 2.05) is 36.4 Å². The monoisotopic (exact) mass is 306 g/mol. The largest absolute Gasteiger partial charge is 0.464 e. The quantitative estimate of drug-likeness (QED) is 0.780. The maximum Gasteiger partial charge on any atom is 0.313 e. The minimum Gasteiger partial charge on any atom is -0.464 e. The summed E-state index contributed by atoms with van der Waals surface area (Å²) in [5.74, 6) is -0.336. The number of ether oxygens (including phenoxy) is 1. The van der Waals surface area contributed by atoms with E-state index in [2.05, 4.69) is 44.2 Å². The van der Waals surface area contributed by atoms with E-state index in [4.69, 9.17) is 4.74 Å². The zero-order chi connectivity index (χ0) is 16.3. The second-order valence-electron chi connectivity index (χ2n) is 6.74. The molecule has 3 rings (SSSR count). The lowest BCUT2D eigenvalue weighted by atomic mass is 9.73. The Morgan fingerprint density at radius 3 is 2.30 bits per heavy atom. The highest BCUT2D eigenvalue weighted by molar-refractivity contribution is 5.80. The minimum absolute atomic E-state index is 0.115. The van der Waals surface area contributed by atoms with Gasteiger partial charge in [0.25, 0.3) is 0 Å². The molecule has 2 nitrogen and oxygen atoms in total. The number of carbonyl (C=O) groups is 1. The zero-order valence-electron chi connectivity index (χ0n) is 13.7. The van der Waals surface area contributed by atoms with Gasteiger partial charge in [-0.15, -0.1) is 0 Å². The fourth-order valence-electron chi connectivity index (χ4n) is 3.10. The molecule has 1 aliphatic heterocycles. The Hall–Kier alpha value is -2.35. The number of carbonyl (C=O) groups excluding carboxylic acids is 1. The number of esters is 1. The fourth-order valence-corrected chi connectivity index (χ4v) is 3.10. The molecule has 0 saturated carbocycles. The van der Waals surface area contributed by atoms with Crippen LogP contribution in [0.4, 0.5) is 0 Å². The van der Waals surface area contributed by atoms with Gasteiger partial charge in [-0.25, -0.2) is 0 Å². The van der Waals surface area contributed by atoms with E-state index >= 15 is 0 Å². The van der Waals surface area contributed by atoms with Crippen LogP contribution in [0.1, 0.15) is 25.0 Å². The molecule has 2 aromatic rings. The molecule has 0 spiro atoms. The Kier molecular flexibility index (Phi) is 4.33. The van der Waals surface area contributed by atoms with Gasteiger partial charge in [0.05, 0.1) is 5.92 Å². The highest BCUT2D eigenvalue weighted by Gasteiger charge is 2.40. The Balaban J connectivity index is 1.98. The van der Waals surface area contributed by atoms with Gasteiger partial charge in [0, 0.05) is 5.41 Å². The standard InChI is InChI=1S/C21H22O2/c1-21(2)15-23-20(22)18(13-16-9-5-3-6-10-16)19(21)14-17-11-7-4-8-12-17/h3-12,14,18H,13,15H2,1-2H3. The van der Waals surface area contributed by atoms with Crippen molar-refractivity contribution in [3.8, 4) is 0 Å². The summed E-state index contributed by atoms with van der Waals surface area (Å²) >= 11 is 0. The highest BCUT2D eigenvalue weighted by atomic mass is 16.5. The lowest BCUT2D eigenvalue weighted by molar-refractivity contribution is -0.154. The van der Waals surface area contributed by atoms with Crippen LogP contribution in [0.5, 0.6) is 0 Å². The van der Waals surface area contributed by atoms with Crippen LogP contribution < -0.4 is 0 Å². The lowest BCUT2D eigenvalue weighted by Gasteiger charge is -2.37. The third-order valence-corrected chi connectivity index (χ3v) is 4.42. The van der Waals surface area contributed by atoms with E-state index in [1.165, 1.54) is 0 Å². The van der Waals surface area contributed by atoms with Crippen molar-refractivity contribution in [1.29, 1.82) is 0 Å². The zero-order valence-corrected chi connectivity index (χ0v) is 13.7. The van der Waals surface area contributed by atoms with E-state index in [0.717, 1.165) is 16.7 Å². The average Bonchev–Trinajstić information content (AvgIpc) is 2.56. The molecule has 0 aromatic heterocycles. The number of benzene rings is 2. The summed E-state index contributed by atoms with van der Waals surface area (Å²) in [7, 11) is 0. The first-order chi connectivity index (χ1) is 11.1. The summed E-state index contributed by atoms with van der Waals surface area (Å²) in [6.45, 7) is 4.73. The van der Waals surface area contributed by atoms with Gasteiger partial charge in [-0.3, -0.25) is 4.79 Å². The molecular formula is C21H22O2. The summed E-state index contributed by atoms with van der Waals surface area (Å²) in [4.78, 5) is 12.4. The number of hydrogen-bond donors (Lipinski definition) is 0. The van der Waals surface area contributed by atoms with E-state index in [9.17, 15) is 4.79 Å². The van der Waals surface area contributed by atoms with Gasteiger partial charge < -0.3 is 4.74 Å². The first-order valence-corrected chi connectivity index (χ1v) is 8.04. The maximum atomic E-state index is 12.4. The van der Waals surface area contributed by atoms with Gasteiger partial charge in [0.15, 0.2) is 0 Å². The van der Waals surface area contributed by atoms with Crippen LogP contribution in [0.25, 0.3) is 6.08 Å². The van der Waals surface area contributed by atoms with Crippen molar-refractivity contribution < 1.29 is 9.53 Å². The summed E-state index contributed by atoms with van der Waals surface area (Å²) in [6.07, 6.45) is 2.84. The molecule has 0 aliphatic carbocycles. The van der Waals surface area contributed by atoms with E-state index in [-0.39, 0.29) is 17.3 Å². The van der Waals surface area contributed by atoms with Gasteiger partial charge >= 0.3 is 5.97 Å². The van der Waals surface area contributed by atoms with Crippen LogP contribution in [0.3, 0.4) is 0 Å². The van der Waals surface area contributed by atoms with Crippen molar-refractivity contribution in [1.82, 2.24) is 0 Å². The third kappa shape index (κ3) is 3.53. The Morgan fingerprint density at radius 1 is 1.04 bits per heavy atom. The van der Waals surface area contributed by atoms with Crippen molar-refractivity contribution in [3.63, 3.8) is 0 Å². The molecule has 1 unspecified atom stereocenters. The molecular weight excluding hydrogens is 284 g/mol. The molecule has 0 radical (unpaired) electrons. The molecule has 0 N–H and O–H groups in total. The van der Waals surface area contributed by atoms with Gasteiger partial charge in [-0.1, -0.05) is 80.6 Å². The van der Waals surface area contributed by atoms with E-state index in [0.29, 0.717) is 13.0 Å². The molecule has 2 aromatic carbocycles. The predicted molar refractivity (Wildman–Crippen MR) is 92.8 cm³/mol. The molecule has 2 heteroatoms. The van der Waals surface area contributed by atoms with Crippen LogP contribution in [-0.4, -0.2) is 12.6 Å². The van der Waals surface area contributed by atoms with Crippen molar-refractivity contribution in [3.05, 3.63) is 77.4 Å². The lowest BCUT2D eigenvalue weighted by Crippen LogP contribution is -2.39. The maximum absolute atomic E-state index is 12.4. The minimum atomic E-state index is -0.221. The molecule has 0 amide bonds. The fraction of sp³-hybridized carbons (Fsp3) is 0.286. The second-order valence-corrected chi connectivity index (χ2v) is 6.74. The SMILES string of the molecule is CC1(C)COC(=O)C(Cc2ccccc2)C1=Cc1ccccc1. The Morgan fingerprint density at radius 2 is 1.65 bits per heavy atom. The topological polar surface area (TPSA) is 26.3 Å². The van der Waals surface area contributed by atoms with Gasteiger partial charge in [0.1, 0.15) is 6.61 Å². The molecule has 1 heterocycles. The first-order valence-electron chi connectivity index (χ1n) is 8.04. The van der Waals surface area contributed by atoms with Gasteiger partial charge in [-0.05, 0) is 23.1 Å². The second kappa shape index (κ2) is 6.41. The summed E-state index contributed by atoms with van der Waals surface area (Å²) < 4.78 is 5.47. The molecule has 0 bridgehead atoms. The van der Waals surface area contributed by atoms with Crippen LogP contribution in [0.2, 0.25) is 0 Å². The molecule has 118 valence electrons. The Labute approximate surface area is 137 Å². The Bertz CT molecular complexity index is 699. The van der Waals surface area contributed by atoms with Crippen LogP contribution >= 0.6 is 0 Å². The molecule has 1 aliphatic rings. The molecule has 23 heavy (non-hydrogen) atoms. The van der Waals surface area contributed by atoms with Crippen LogP contribution in [0.15, 0.2) is 66.2 Å². The smallest absolute Gasteiger partial charge is 0.313 e. The van der Waals surface area contributed by atoms with Crippen molar-refractivity contribution in [2.45, 2.75) is 20.3 Å². The number of cyclic esters (lactones) is 1. The normalized spacial score (nSPS) is 21.9. The van der Waals surface area contributed by atoms with Crippen LogP contribution in [-0.2, 0) is 16.0 Å². The average molecular weight is 306 g/mol. The first kappa shape index (κ1) is 15.5. The van der Waals surface area contributed by atoms with Crippen molar-refractivity contribution in [2.24, 2.45) is 11.3 Å². The molecule has 1 atom stereocenters. The highest BCUT2D eigenvalue weighted by Crippen LogP contribution is 2.40. The van der Waals surface area contributed by atoms with Crippen molar-refractivity contribution >= 4 is 12.0 Å². The van der Waals surface area contributed by atoms with E-state index < -0.39 is 0 Å². The molecule has 1 saturated heterocycles. The predicted octanol–water partition coefficient (Wildman–Crippen LogP) is 4.51. The summed E-state index contributed by atoms with van der Waals surface area (Å²) in [6, 6.07) is 20.3. The molecule has 1 fully saturated rings. The van der Waals surface area contributed by atoms with E-state index in [1.54, 1.807) is 0 Å². The summed E-state index contributed by atoms with van der Waals surface area (Å²) in [5.41, 5.74) is 3.29. The third-order valence-electron chi connectivity index (χ3n) is 4.42. The number of rotatable bonds is 3. The number of hydrogen-bond acceptors (Lipinski definition) is 2. The van der Waals surface area contributed by atoms with Crippen molar-refractivity contribution in [2.75, 3.05) is 6.61 Å². The summed E-state index contributed by atoms with van der Waals surface area (Å²) in [5, 5.41) is 0. The van der Waals surface area contributed by atoms with Gasteiger partial charge in [-0.2, -0.15) is 0 Å².